The number of carbonyl (C=O) groups is 1. The van der Waals surface area contributed by atoms with E-state index in [1.165, 1.54) is 7.11 Å². The van der Waals surface area contributed by atoms with Crippen LogP contribution in [0.2, 0.25) is 0 Å². The van der Waals surface area contributed by atoms with Crippen molar-refractivity contribution in [2.75, 3.05) is 7.11 Å². The van der Waals surface area contributed by atoms with E-state index in [-0.39, 0.29) is 6.10 Å². The lowest BCUT2D eigenvalue weighted by Gasteiger charge is -2.22. The van der Waals surface area contributed by atoms with Gasteiger partial charge in [0.1, 0.15) is 17.4 Å². The molecule has 1 atom stereocenters. The van der Waals surface area contributed by atoms with Gasteiger partial charge in [0, 0.05) is 6.42 Å². The van der Waals surface area contributed by atoms with Crippen molar-refractivity contribution in [2.45, 2.75) is 38.9 Å². The van der Waals surface area contributed by atoms with Gasteiger partial charge < -0.3 is 14.6 Å². The zero-order valence-corrected chi connectivity index (χ0v) is 11.3. The average molecular weight is 252 g/mol. The Kier molecular flexibility index (Phi) is 4.73. The molecule has 0 aliphatic carbocycles. The zero-order valence-electron chi connectivity index (χ0n) is 11.3. The number of para-hydroxylation sites is 1. The molecular formula is C14H20O4. The largest absolute Gasteiger partial charge is 0.496 e. The fraction of sp³-hybridized carbons (Fsp3) is 0.500. The average Bonchev–Trinajstić information content (AvgIpc) is 2.26. The molecule has 0 aliphatic heterocycles. The van der Waals surface area contributed by atoms with E-state index in [4.69, 9.17) is 9.47 Å². The van der Waals surface area contributed by atoms with E-state index in [9.17, 15) is 9.90 Å². The van der Waals surface area contributed by atoms with E-state index in [2.05, 4.69) is 0 Å². The number of rotatable bonds is 5. The molecule has 0 saturated carbocycles. The fourth-order valence-corrected chi connectivity index (χ4v) is 1.80. The van der Waals surface area contributed by atoms with E-state index in [1.54, 1.807) is 45.0 Å². The predicted octanol–water partition coefficient (Wildman–Crippen LogP) is 2.40. The first-order chi connectivity index (χ1) is 8.33. The van der Waals surface area contributed by atoms with Crippen molar-refractivity contribution < 1.29 is 19.4 Å². The van der Waals surface area contributed by atoms with Gasteiger partial charge in [0.2, 0.25) is 0 Å². The van der Waals surface area contributed by atoms with Crippen molar-refractivity contribution in [1.82, 2.24) is 0 Å². The molecule has 18 heavy (non-hydrogen) atoms. The number of ether oxygens (including phenoxy) is 2. The van der Waals surface area contributed by atoms with Gasteiger partial charge in [-0.15, -0.1) is 0 Å². The van der Waals surface area contributed by atoms with Crippen LogP contribution in [0.1, 0.15) is 37.6 Å². The minimum Gasteiger partial charge on any atom is -0.496 e. The normalized spacial score (nSPS) is 12.9. The third kappa shape index (κ3) is 4.37. The minimum atomic E-state index is -0.861. The SMILES string of the molecule is COc1ccccc1C(=O)O[C@H](C)CC(C)(C)O. The second-order valence-corrected chi connectivity index (χ2v) is 4.93. The summed E-state index contributed by atoms with van der Waals surface area (Å²) in [6.45, 7) is 5.12. The van der Waals surface area contributed by atoms with Gasteiger partial charge in [0.05, 0.1) is 12.7 Å². The van der Waals surface area contributed by atoms with Crippen molar-refractivity contribution in [2.24, 2.45) is 0 Å². The van der Waals surface area contributed by atoms with Gasteiger partial charge in [0.15, 0.2) is 0 Å². The van der Waals surface area contributed by atoms with Gasteiger partial charge in [-0.1, -0.05) is 12.1 Å². The molecule has 0 fully saturated rings. The molecule has 0 bridgehead atoms. The molecule has 0 radical (unpaired) electrons. The van der Waals surface area contributed by atoms with Gasteiger partial charge in [-0.25, -0.2) is 4.79 Å². The molecule has 0 aliphatic rings. The third-order valence-electron chi connectivity index (χ3n) is 2.42. The highest BCUT2D eigenvalue weighted by Gasteiger charge is 2.21. The maximum absolute atomic E-state index is 11.9. The topological polar surface area (TPSA) is 55.8 Å². The summed E-state index contributed by atoms with van der Waals surface area (Å²) < 4.78 is 10.4. The summed E-state index contributed by atoms with van der Waals surface area (Å²) in [7, 11) is 1.51. The molecule has 1 aromatic rings. The maximum Gasteiger partial charge on any atom is 0.342 e. The van der Waals surface area contributed by atoms with Crippen LogP contribution >= 0.6 is 0 Å². The van der Waals surface area contributed by atoms with Crippen LogP contribution in [0.25, 0.3) is 0 Å². The van der Waals surface area contributed by atoms with Crippen LogP contribution in [0.3, 0.4) is 0 Å². The summed E-state index contributed by atoms with van der Waals surface area (Å²) in [6.07, 6.45) is 0.0239. The van der Waals surface area contributed by atoms with Gasteiger partial charge in [0.25, 0.3) is 0 Å². The van der Waals surface area contributed by atoms with Gasteiger partial charge in [-0.3, -0.25) is 0 Å². The van der Waals surface area contributed by atoms with Crippen molar-refractivity contribution >= 4 is 5.97 Å². The van der Waals surface area contributed by atoms with Crippen molar-refractivity contribution in [3.63, 3.8) is 0 Å². The summed E-state index contributed by atoms with van der Waals surface area (Å²) in [4.78, 5) is 11.9. The number of benzene rings is 1. The molecule has 1 aromatic carbocycles. The van der Waals surface area contributed by atoms with Crippen LogP contribution in [0.5, 0.6) is 5.75 Å². The second-order valence-electron chi connectivity index (χ2n) is 4.93. The summed E-state index contributed by atoms with van der Waals surface area (Å²) >= 11 is 0. The van der Waals surface area contributed by atoms with Crippen LogP contribution in [-0.4, -0.2) is 29.9 Å². The lowest BCUT2D eigenvalue weighted by atomic mass is 10.0. The fourth-order valence-electron chi connectivity index (χ4n) is 1.80. The summed E-state index contributed by atoms with van der Waals surface area (Å²) in [5.41, 5.74) is -0.469. The molecule has 0 spiro atoms. The van der Waals surface area contributed by atoms with Gasteiger partial charge in [-0.05, 0) is 32.9 Å². The molecule has 0 saturated heterocycles. The number of aliphatic hydroxyl groups is 1. The summed E-state index contributed by atoms with van der Waals surface area (Å²) in [6, 6.07) is 6.89. The monoisotopic (exact) mass is 252 g/mol. The standard InChI is InChI=1S/C14H20O4/c1-10(9-14(2,3)16)18-13(15)11-7-5-6-8-12(11)17-4/h5-8,10,16H,9H2,1-4H3/t10-/m1/s1. The Balaban J connectivity index is 2.71. The number of carbonyl (C=O) groups excluding carboxylic acids is 1. The highest BCUT2D eigenvalue weighted by atomic mass is 16.5. The van der Waals surface area contributed by atoms with Crippen LogP contribution in [0, 0.1) is 0 Å². The van der Waals surface area contributed by atoms with E-state index in [1.807, 2.05) is 0 Å². The molecule has 0 unspecified atom stereocenters. The Morgan fingerprint density at radius 3 is 2.56 bits per heavy atom. The first-order valence-corrected chi connectivity index (χ1v) is 5.90. The molecule has 1 N–H and O–H groups in total. The van der Waals surface area contributed by atoms with E-state index < -0.39 is 11.6 Å². The molecule has 4 heteroatoms. The minimum absolute atomic E-state index is 0.359. The first kappa shape index (κ1) is 14.5. The molecule has 100 valence electrons. The van der Waals surface area contributed by atoms with Crippen LogP contribution < -0.4 is 4.74 Å². The summed E-state index contributed by atoms with van der Waals surface area (Å²) in [5.74, 6) is 0.0437. The number of hydrogen-bond acceptors (Lipinski definition) is 4. The number of methoxy groups -OCH3 is 1. The van der Waals surface area contributed by atoms with Gasteiger partial charge >= 0.3 is 5.97 Å². The highest BCUT2D eigenvalue weighted by Crippen LogP contribution is 2.20. The quantitative estimate of drug-likeness (QED) is 0.818. The van der Waals surface area contributed by atoms with Crippen LogP contribution in [0.4, 0.5) is 0 Å². The molecule has 0 aromatic heterocycles. The van der Waals surface area contributed by atoms with E-state index in [0.717, 1.165) is 0 Å². The molecule has 0 heterocycles. The zero-order chi connectivity index (χ0) is 13.8. The maximum atomic E-state index is 11.9. The third-order valence-corrected chi connectivity index (χ3v) is 2.42. The van der Waals surface area contributed by atoms with Crippen molar-refractivity contribution in [1.29, 1.82) is 0 Å². The van der Waals surface area contributed by atoms with E-state index in [0.29, 0.717) is 17.7 Å². The number of esters is 1. The predicted molar refractivity (Wildman–Crippen MR) is 68.8 cm³/mol. The Morgan fingerprint density at radius 1 is 1.39 bits per heavy atom. The Hall–Kier alpha value is -1.55. The van der Waals surface area contributed by atoms with Crippen molar-refractivity contribution in [3.8, 4) is 5.75 Å². The lowest BCUT2D eigenvalue weighted by molar-refractivity contribution is -0.00265. The van der Waals surface area contributed by atoms with E-state index >= 15 is 0 Å². The van der Waals surface area contributed by atoms with Crippen LogP contribution in [-0.2, 0) is 4.74 Å². The Morgan fingerprint density at radius 2 is 2.00 bits per heavy atom. The second kappa shape index (κ2) is 5.87. The Labute approximate surface area is 108 Å². The smallest absolute Gasteiger partial charge is 0.342 e. The molecule has 1 rings (SSSR count). The molecule has 4 nitrogen and oxygen atoms in total. The van der Waals surface area contributed by atoms with Crippen molar-refractivity contribution in [3.05, 3.63) is 29.8 Å². The molecule has 0 amide bonds. The summed E-state index contributed by atoms with van der Waals surface area (Å²) in [5, 5.41) is 9.66. The van der Waals surface area contributed by atoms with Crippen LogP contribution in [0.15, 0.2) is 24.3 Å². The van der Waals surface area contributed by atoms with Gasteiger partial charge in [-0.2, -0.15) is 0 Å². The highest BCUT2D eigenvalue weighted by molar-refractivity contribution is 5.92. The first-order valence-electron chi connectivity index (χ1n) is 5.90. The number of hydrogen-bond donors (Lipinski definition) is 1. The molecular weight excluding hydrogens is 232 g/mol. The lowest BCUT2D eigenvalue weighted by Crippen LogP contribution is -2.27. The Bertz CT molecular complexity index is 407.